The summed E-state index contributed by atoms with van der Waals surface area (Å²) < 4.78 is 47.7. The minimum atomic E-state index is -3.19. The molecule has 2 saturated heterocycles. The zero-order chi connectivity index (χ0) is 44.0. The summed E-state index contributed by atoms with van der Waals surface area (Å²) in [7, 11) is 6.58. The van der Waals surface area contributed by atoms with Gasteiger partial charge in [0.1, 0.15) is 41.6 Å². The largest absolute Gasteiger partial charge is 0.497 e. The number of Topliss-reactive ketones (excluding diaryl/α,β-unsaturated/α-hetero) is 2. The third kappa shape index (κ3) is 10.7. The van der Waals surface area contributed by atoms with Crippen molar-refractivity contribution >= 4 is 17.5 Å². The quantitative estimate of drug-likeness (QED) is 0.180. The maximum atomic E-state index is 16.7. The number of alkyl halides is 1. The van der Waals surface area contributed by atoms with Crippen LogP contribution in [-0.2, 0) is 39.9 Å². The summed E-state index contributed by atoms with van der Waals surface area (Å²) in [5.41, 5.74) is -5.51. The van der Waals surface area contributed by atoms with E-state index < -0.39 is 77.0 Å². The molecule has 0 radical (unpaired) electrons. The second-order valence-electron chi connectivity index (χ2n) is 16.7. The van der Waals surface area contributed by atoms with Crippen LogP contribution in [0.2, 0.25) is 0 Å². The molecule has 4 rings (SSSR count). The van der Waals surface area contributed by atoms with Crippen LogP contribution in [0.5, 0.6) is 5.75 Å². The van der Waals surface area contributed by atoms with Gasteiger partial charge in [-0.15, -0.1) is 5.10 Å². The number of methoxy groups -OCH3 is 2. The molecule has 13 atom stereocenters. The maximum Gasteiger partial charge on any atom is 0.351 e. The van der Waals surface area contributed by atoms with Gasteiger partial charge in [0.25, 0.3) is 5.67 Å². The highest BCUT2D eigenvalue weighted by molar-refractivity contribution is 6.07. The van der Waals surface area contributed by atoms with Crippen LogP contribution >= 0.6 is 0 Å². The predicted octanol–water partition coefficient (Wildman–Crippen LogP) is 2.78. The molecular formula is C42H63FN6O10. The van der Waals surface area contributed by atoms with Gasteiger partial charge in [0.05, 0.1) is 43.4 Å². The number of ether oxygens (including phenoxy) is 5. The summed E-state index contributed by atoms with van der Waals surface area (Å²) in [6.45, 7) is 12.3. The van der Waals surface area contributed by atoms with Crippen molar-refractivity contribution in [2.75, 3.05) is 34.9 Å². The third-order valence-corrected chi connectivity index (χ3v) is 11.9. The second kappa shape index (κ2) is 19.7. The predicted molar refractivity (Wildman–Crippen MR) is 215 cm³/mol. The number of ketones is 2. The van der Waals surface area contributed by atoms with Crippen LogP contribution in [0.25, 0.3) is 11.4 Å². The summed E-state index contributed by atoms with van der Waals surface area (Å²) in [6, 6.07) is 2.02. The monoisotopic (exact) mass is 830 g/mol. The molecule has 2 aromatic rings. The number of hydrogen-bond donors (Lipinski definition) is 3. The lowest BCUT2D eigenvalue weighted by molar-refractivity contribution is -0.295. The van der Waals surface area contributed by atoms with Gasteiger partial charge in [0, 0.05) is 49.2 Å². The molecule has 0 amide bonds. The van der Waals surface area contributed by atoms with E-state index in [2.05, 4.69) is 32.5 Å². The first kappa shape index (κ1) is 47.8. The van der Waals surface area contributed by atoms with E-state index in [1.807, 2.05) is 25.9 Å². The number of rotatable bonds is 10. The van der Waals surface area contributed by atoms with E-state index in [1.54, 1.807) is 59.3 Å². The van der Waals surface area contributed by atoms with E-state index in [9.17, 15) is 24.6 Å². The van der Waals surface area contributed by atoms with Gasteiger partial charge in [-0.05, 0) is 67.1 Å². The molecule has 4 heterocycles. The van der Waals surface area contributed by atoms with Crippen LogP contribution in [0.3, 0.4) is 0 Å². The summed E-state index contributed by atoms with van der Waals surface area (Å²) in [4.78, 5) is 48.5. The number of hydrogen-bond acceptors (Lipinski definition) is 15. The van der Waals surface area contributed by atoms with Crippen molar-refractivity contribution < 1.29 is 52.7 Å². The van der Waals surface area contributed by atoms with Gasteiger partial charge in [-0.25, -0.2) is 13.9 Å². The molecular weight excluding hydrogens is 767 g/mol. The van der Waals surface area contributed by atoms with Gasteiger partial charge < -0.3 is 38.8 Å². The smallest absolute Gasteiger partial charge is 0.351 e. The average Bonchev–Trinajstić information content (AvgIpc) is 3.68. The lowest BCUT2D eigenvalue weighted by atomic mass is 9.73. The van der Waals surface area contributed by atoms with Crippen LogP contribution in [0.1, 0.15) is 74.7 Å². The molecule has 59 heavy (non-hydrogen) atoms. The molecule has 2 fully saturated rings. The van der Waals surface area contributed by atoms with Crippen molar-refractivity contribution in [1.29, 1.82) is 0 Å². The van der Waals surface area contributed by atoms with Gasteiger partial charge in [0.2, 0.25) is 0 Å². The Bertz CT molecular complexity index is 1830. The van der Waals surface area contributed by atoms with Crippen LogP contribution in [0, 0.1) is 29.6 Å². The third-order valence-electron chi connectivity index (χ3n) is 11.9. The van der Waals surface area contributed by atoms with Crippen molar-refractivity contribution in [2.24, 2.45) is 17.8 Å². The first-order valence-electron chi connectivity index (χ1n) is 20.1. The molecule has 2 unspecified atom stereocenters. The Morgan fingerprint density at radius 1 is 1.08 bits per heavy atom. The highest BCUT2D eigenvalue weighted by Gasteiger charge is 2.56. The lowest BCUT2D eigenvalue weighted by Gasteiger charge is -2.47. The van der Waals surface area contributed by atoms with Gasteiger partial charge in [-0.1, -0.05) is 44.7 Å². The number of nitrogens with zero attached hydrogens (tertiary/aromatic N) is 5. The highest BCUT2D eigenvalue weighted by atomic mass is 19.1. The molecule has 328 valence electrons. The molecule has 0 aromatic carbocycles. The highest BCUT2D eigenvalue weighted by Crippen LogP contribution is 2.39. The number of esters is 1. The molecule has 0 spiro atoms. The molecule has 2 aromatic heterocycles. The lowest BCUT2D eigenvalue weighted by Crippen LogP contribution is -2.63. The van der Waals surface area contributed by atoms with Crippen LogP contribution in [0.4, 0.5) is 4.39 Å². The van der Waals surface area contributed by atoms with Crippen molar-refractivity contribution in [3.05, 3.63) is 24.5 Å². The Hall–Kier alpha value is -3.89. The summed E-state index contributed by atoms with van der Waals surface area (Å²) in [5.74, 6) is 0.631. The molecule has 0 saturated carbocycles. The number of carbonyl (C=O) groups is 3. The number of aliphatic hydroxyl groups is 2. The average molecular weight is 831 g/mol. The Labute approximate surface area is 346 Å². The molecule has 2 aliphatic rings. The van der Waals surface area contributed by atoms with Gasteiger partial charge in [-0.2, -0.15) is 0 Å². The number of halogens is 1. The summed E-state index contributed by atoms with van der Waals surface area (Å²) in [5, 5.41) is 35.0. The van der Waals surface area contributed by atoms with Gasteiger partial charge in [0.15, 0.2) is 12.1 Å². The number of nitrogens with one attached hydrogen (secondary N) is 1. The minimum Gasteiger partial charge on any atom is -0.497 e. The number of aromatic nitrogens is 4. The number of cyclic esters (lactones) is 1. The molecule has 17 heteroatoms. The van der Waals surface area contributed by atoms with E-state index >= 15 is 4.39 Å². The SMILES string of the molecule is CC[C@H]1OC(=O)[C@@](C)(F)C(=O)[C@H](C)[C@@H](O[C@@H]2O[C@H](C)CC(N(C)C)C2O)[C@](C)(OC)C[C@@H](C)C(=O)[C@H](C)[C@@H](NCC#CCn2cc(-c3cc(OC)ccn3)nn2)[C@]1(C)O. The molecule has 2 aliphatic heterocycles. The molecule has 16 nitrogen and oxygen atoms in total. The second-order valence-corrected chi connectivity index (χ2v) is 16.7. The van der Waals surface area contributed by atoms with Gasteiger partial charge >= 0.3 is 5.97 Å². The number of likely N-dealkylation sites (N-methyl/N-ethyl adjacent to an activating group) is 1. The molecule has 3 N–H and O–H groups in total. The fourth-order valence-electron chi connectivity index (χ4n) is 8.37. The fourth-order valence-corrected chi connectivity index (χ4v) is 8.37. The first-order valence-corrected chi connectivity index (χ1v) is 20.1. The summed E-state index contributed by atoms with van der Waals surface area (Å²) in [6.07, 6.45) is -1.63. The first-order chi connectivity index (χ1) is 27.6. The van der Waals surface area contributed by atoms with E-state index in [-0.39, 0.29) is 43.9 Å². The Kier molecular flexibility index (Phi) is 15.9. The van der Waals surface area contributed by atoms with Crippen LogP contribution < -0.4 is 10.1 Å². The minimum absolute atomic E-state index is 0.00516. The van der Waals surface area contributed by atoms with E-state index in [4.69, 9.17) is 23.7 Å². The van der Waals surface area contributed by atoms with Crippen molar-refractivity contribution in [3.63, 3.8) is 0 Å². The number of carbonyl (C=O) groups excluding carboxylic acids is 3. The standard InChI is InChI=1S/C42H63FN6O10/c1-13-32-42(8,54)35(45-17-14-15-19-49-23-30(46-47-49)29-21-28(55-11)16-18-44-29)26(4)33(50)24(2)22-40(6,56-12)37(27(5)36(52)41(7,43)39(53)58-32)59-38-34(51)31(48(9)10)20-25(3)57-38/h16,18,21,23-27,31-32,34-35,37-38,45,51,54H,13,17,19-20,22H2,1-12H3/t24-,25-,26+,27+,31?,32-,34?,35-,37-,38+,40-,41+,42-/m1/s1. The maximum absolute atomic E-state index is 16.7. The van der Waals surface area contributed by atoms with E-state index in [1.165, 1.54) is 25.6 Å². The van der Waals surface area contributed by atoms with Crippen molar-refractivity contribution in [3.8, 4) is 29.0 Å². The van der Waals surface area contributed by atoms with Crippen molar-refractivity contribution in [2.45, 2.75) is 141 Å². The Morgan fingerprint density at radius 3 is 2.41 bits per heavy atom. The zero-order valence-corrected chi connectivity index (χ0v) is 36.4. The number of aliphatic hydroxyl groups excluding tert-OH is 1. The van der Waals surface area contributed by atoms with Gasteiger partial charge in [-0.3, -0.25) is 19.9 Å². The summed E-state index contributed by atoms with van der Waals surface area (Å²) >= 11 is 0. The topological polar surface area (TPSA) is 197 Å². The fraction of sp³-hybridized carbons (Fsp3) is 0.714. The van der Waals surface area contributed by atoms with Crippen molar-refractivity contribution in [1.82, 2.24) is 30.2 Å². The Morgan fingerprint density at radius 2 is 1.78 bits per heavy atom. The zero-order valence-electron chi connectivity index (χ0n) is 36.4. The number of pyridine rings is 1. The van der Waals surface area contributed by atoms with Crippen LogP contribution in [-0.4, -0.2) is 147 Å². The van der Waals surface area contributed by atoms with Crippen LogP contribution in [0.15, 0.2) is 24.5 Å². The van der Waals surface area contributed by atoms with E-state index in [0.29, 0.717) is 23.6 Å². The molecule has 0 bridgehead atoms. The molecule has 0 aliphatic carbocycles. The Balaban J connectivity index is 1.66. The van der Waals surface area contributed by atoms with E-state index in [0.717, 1.165) is 6.92 Å². The normalized spacial score (nSPS) is 36.4.